The molecule has 0 spiro atoms. The molecule has 0 aliphatic heterocycles. The average molecular weight is 381 g/mol. The van der Waals surface area contributed by atoms with Gasteiger partial charge in [-0.05, 0) is 45.8 Å². The van der Waals surface area contributed by atoms with Crippen molar-refractivity contribution >= 4 is 39.3 Å². The van der Waals surface area contributed by atoms with E-state index in [1.54, 1.807) is 23.0 Å². The first kappa shape index (κ1) is 14.9. The monoisotopic (exact) mass is 379 g/mol. The van der Waals surface area contributed by atoms with Crippen LogP contribution in [-0.2, 0) is 6.54 Å². The number of hydrogen-bond acceptors (Lipinski definition) is 3. The summed E-state index contributed by atoms with van der Waals surface area (Å²) in [6.07, 6.45) is 3.25. The van der Waals surface area contributed by atoms with Crippen LogP contribution in [0.5, 0.6) is 0 Å². The van der Waals surface area contributed by atoms with Gasteiger partial charge in [0.05, 0.1) is 17.3 Å². The lowest BCUT2D eigenvalue weighted by Crippen LogP contribution is -2.12. The van der Waals surface area contributed by atoms with Gasteiger partial charge in [0, 0.05) is 11.2 Å². The highest BCUT2D eigenvalue weighted by Crippen LogP contribution is 2.22. The van der Waals surface area contributed by atoms with E-state index in [2.05, 4.69) is 26.3 Å². The third kappa shape index (κ3) is 3.40. The largest absolute Gasteiger partial charge is 0.459 e. The summed E-state index contributed by atoms with van der Waals surface area (Å²) < 4.78 is 7.47. The van der Waals surface area contributed by atoms with Crippen LogP contribution in [0.1, 0.15) is 16.1 Å². The maximum absolute atomic E-state index is 11.9. The van der Waals surface area contributed by atoms with E-state index in [-0.39, 0.29) is 11.7 Å². The summed E-state index contributed by atoms with van der Waals surface area (Å²) in [5, 5.41) is 7.73. The molecule has 1 aromatic carbocycles. The minimum Gasteiger partial charge on any atom is -0.459 e. The quantitative estimate of drug-likeness (QED) is 0.738. The molecule has 1 amide bonds. The van der Waals surface area contributed by atoms with Gasteiger partial charge in [0.2, 0.25) is 0 Å². The molecule has 0 unspecified atom stereocenters. The van der Waals surface area contributed by atoms with Crippen LogP contribution in [0.15, 0.2) is 57.7 Å². The smallest absolute Gasteiger partial charge is 0.292 e. The molecule has 3 aromatic rings. The Morgan fingerprint density at radius 2 is 2.09 bits per heavy atom. The number of nitrogens with zero attached hydrogens (tertiary/aromatic N) is 2. The van der Waals surface area contributed by atoms with Crippen LogP contribution in [0.4, 0.5) is 5.82 Å². The van der Waals surface area contributed by atoms with E-state index in [9.17, 15) is 4.79 Å². The number of carbonyl (C=O) groups is 1. The third-order valence-electron chi connectivity index (χ3n) is 2.95. The molecule has 112 valence electrons. The number of rotatable bonds is 4. The Kier molecular flexibility index (Phi) is 4.31. The zero-order valence-electron chi connectivity index (χ0n) is 11.3. The molecule has 3 rings (SSSR count). The van der Waals surface area contributed by atoms with Crippen molar-refractivity contribution in [2.24, 2.45) is 0 Å². The molecule has 0 saturated heterocycles. The van der Waals surface area contributed by atoms with Crippen molar-refractivity contribution in [3.05, 3.63) is 69.7 Å². The summed E-state index contributed by atoms with van der Waals surface area (Å²) in [6.45, 7) is 0.576. The van der Waals surface area contributed by atoms with E-state index in [0.29, 0.717) is 21.9 Å². The Bertz CT molecular complexity index is 782. The van der Waals surface area contributed by atoms with Gasteiger partial charge in [0.1, 0.15) is 0 Å². The molecule has 0 fully saturated rings. The highest BCUT2D eigenvalue weighted by atomic mass is 79.9. The number of anilines is 1. The predicted molar refractivity (Wildman–Crippen MR) is 87.1 cm³/mol. The van der Waals surface area contributed by atoms with E-state index >= 15 is 0 Å². The van der Waals surface area contributed by atoms with Gasteiger partial charge in [0.15, 0.2) is 11.6 Å². The molecule has 2 aromatic heterocycles. The second-order valence-corrected chi connectivity index (χ2v) is 5.87. The summed E-state index contributed by atoms with van der Waals surface area (Å²) in [5.41, 5.74) is 1.06. The number of nitrogens with one attached hydrogen (secondary N) is 1. The Balaban J connectivity index is 1.73. The molecule has 2 heterocycles. The van der Waals surface area contributed by atoms with E-state index < -0.39 is 0 Å². The van der Waals surface area contributed by atoms with Crippen molar-refractivity contribution in [3.63, 3.8) is 0 Å². The van der Waals surface area contributed by atoms with Crippen molar-refractivity contribution in [2.45, 2.75) is 6.54 Å². The van der Waals surface area contributed by atoms with Gasteiger partial charge in [-0.25, -0.2) is 0 Å². The molecule has 5 nitrogen and oxygen atoms in total. The number of halogens is 2. The number of carbonyl (C=O) groups excluding carboxylic acids is 1. The Morgan fingerprint density at radius 3 is 2.77 bits per heavy atom. The van der Waals surface area contributed by atoms with Crippen molar-refractivity contribution < 1.29 is 9.21 Å². The molecule has 0 bridgehead atoms. The summed E-state index contributed by atoms with van der Waals surface area (Å²) in [5.74, 6) is 0.331. The molecule has 7 heteroatoms. The lowest BCUT2D eigenvalue weighted by molar-refractivity contribution is 0.0996. The Morgan fingerprint density at radius 1 is 1.32 bits per heavy atom. The van der Waals surface area contributed by atoms with Crippen LogP contribution in [0.2, 0.25) is 5.02 Å². The standard InChI is InChI=1S/C15H11BrClN3O2/c16-12-9-20(8-10-3-5-11(17)6-4-10)19-14(12)18-15(21)13-2-1-7-22-13/h1-7,9H,8H2,(H,18,19,21). The molecular formula is C15H11BrClN3O2. The highest BCUT2D eigenvalue weighted by molar-refractivity contribution is 9.10. The topological polar surface area (TPSA) is 60.1 Å². The van der Waals surface area contributed by atoms with Crippen molar-refractivity contribution in [1.82, 2.24) is 9.78 Å². The molecule has 0 aliphatic rings. The van der Waals surface area contributed by atoms with Gasteiger partial charge in [-0.3, -0.25) is 9.48 Å². The molecule has 0 atom stereocenters. The van der Waals surface area contributed by atoms with Gasteiger partial charge in [-0.15, -0.1) is 0 Å². The fourth-order valence-electron chi connectivity index (χ4n) is 1.92. The lowest BCUT2D eigenvalue weighted by Gasteiger charge is -2.02. The summed E-state index contributed by atoms with van der Waals surface area (Å²) >= 11 is 9.25. The number of furan rings is 1. The first-order valence-electron chi connectivity index (χ1n) is 6.44. The van der Waals surface area contributed by atoms with Crippen LogP contribution in [0.25, 0.3) is 0 Å². The molecule has 1 N–H and O–H groups in total. The first-order valence-corrected chi connectivity index (χ1v) is 7.61. The third-order valence-corrected chi connectivity index (χ3v) is 3.78. The Hall–Kier alpha value is -2.05. The number of benzene rings is 1. The van der Waals surface area contributed by atoms with Crippen molar-refractivity contribution in [3.8, 4) is 0 Å². The SMILES string of the molecule is O=C(Nc1nn(Cc2ccc(Cl)cc2)cc1Br)c1ccco1. The van der Waals surface area contributed by atoms with Crippen molar-refractivity contribution in [2.75, 3.05) is 5.32 Å². The van der Waals surface area contributed by atoms with Crippen LogP contribution >= 0.6 is 27.5 Å². The van der Waals surface area contributed by atoms with E-state index in [1.165, 1.54) is 6.26 Å². The second kappa shape index (κ2) is 6.37. The van der Waals surface area contributed by atoms with Gasteiger partial charge >= 0.3 is 0 Å². The van der Waals surface area contributed by atoms with E-state index in [1.807, 2.05) is 24.3 Å². The molecule has 0 aliphatic carbocycles. The number of hydrogen-bond donors (Lipinski definition) is 1. The predicted octanol–water partition coefficient (Wildman–Crippen LogP) is 4.19. The van der Waals surface area contributed by atoms with Crippen LogP contribution in [-0.4, -0.2) is 15.7 Å². The van der Waals surface area contributed by atoms with Gasteiger partial charge < -0.3 is 9.73 Å². The van der Waals surface area contributed by atoms with Crippen molar-refractivity contribution in [1.29, 1.82) is 0 Å². The average Bonchev–Trinajstić information content (AvgIpc) is 3.12. The zero-order chi connectivity index (χ0) is 15.5. The summed E-state index contributed by atoms with van der Waals surface area (Å²) in [7, 11) is 0. The highest BCUT2D eigenvalue weighted by Gasteiger charge is 2.14. The molecule has 0 radical (unpaired) electrons. The Labute approximate surface area is 140 Å². The van der Waals surface area contributed by atoms with Crippen LogP contribution in [0, 0.1) is 0 Å². The number of amides is 1. The lowest BCUT2D eigenvalue weighted by atomic mass is 10.2. The van der Waals surface area contributed by atoms with Gasteiger partial charge in [0.25, 0.3) is 5.91 Å². The fraction of sp³-hybridized carbons (Fsp3) is 0.0667. The zero-order valence-corrected chi connectivity index (χ0v) is 13.6. The second-order valence-electron chi connectivity index (χ2n) is 4.58. The normalized spacial score (nSPS) is 10.6. The van der Waals surface area contributed by atoms with E-state index in [4.69, 9.17) is 16.0 Å². The summed E-state index contributed by atoms with van der Waals surface area (Å²) in [6, 6.07) is 10.8. The molecular weight excluding hydrogens is 370 g/mol. The first-order chi connectivity index (χ1) is 10.6. The summed E-state index contributed by atoms with van der Waals surface area (Å²) in [4.78, 5) is 11.9. The maximum Gasteiger partial charge on any atom is 0.292 e. The molecule has 0 saturated carbocycles. The number of aromatic nitrogens is 2. The van der Waals surface area contributed by atoms with Crippen LogP contribution in [0.3, 0.4) is 0 Å². The molecule has 22 heavy (non-hydrogen) atoms. The van der Waals surface area contributed by atoms with Gasteiger partial charge in [-0.1, -0.05) is 23.7 Å². The maximum atomic E-state index is 11.9. The van der Waals surface area contributed by atoms with E-state index in [0.717, 1.165) is 5.56 Å². The van der Waals surface area contributed by atoms with Crippen LogP contribution < -0.4 is 5.32 Å². The fourth-order valence-corrected chi connectivity index (χ4v) is 2.46. The minimum atomic E-state index is -0.345. The van der Waals surface area contributed by atoms with Gasteiger partial charge in [-0.2, -0.15) is 5.10 Å². The minimum absolute atomic E-state index is 0.235.